The zero-order chi connectivity index (χ0) is 16.6. The standard InChI is InChI=1S/C11H11F3N2O.2C2H6/c1-6-3-9-8(4-15-16-9)7(2)10(6)17-5-11(12,13)14;2*1-2/h3-4H,5H2,1-2H3,(H,15,16);2*1-2H3. The van der Waals surface area contributed by atoms with E-state index in [1.807, 2.05) is 27.7 Å². The molecule has 1 aromatic heterocycles. The summed E-state index contributed by atoms with van der Waals surface area (Å²) in [6.07, 6.45) is -2.76. The maximum atomic E-state index is 12.1. The first-order valence-electron chi connectivity index (χ1n) is 7.01. The molecule has 0 aliphatic carbocycles. The largest absolute Gasteiger partial charge is 0.484 e. The average molecular weight is 304 g/mol. The van der Waals surface area contributed by atoms with Crippen LogP contribution >= 0.6 is 0 Å². The molecular weight excluding hydrogens is 281 g/mol. The molecular formula is C15H23F3N2O. The van der Waals surface area contributed by atoms with Crippen LogP contribution in [0, 0.1) is 13.8 Å². The van der Waals surface area contributed by atoms with Crippen molar-refractivity contribution in [3.05, 3.63) is 23.4 Å². The third kappa shape index (κ3) is 5.28. The molecule has 0 aliphatic heterocycles. The second-order valence-corrected chi connectivity index (χ2v) is 3.88. The minimum absolute atomic E-state index is 0.274. The van der Waals surface area contributed by atoms with E-state index in [-0.39, 0.29) is 5.75 Å². The minimum Gasteiger partial charge on any atom is -0.484 e. The maximum Gasteiger partial charge on any atom is 0.422 e. The van der Waals surface area contributed by atoms with E-state index in [1.54, 1.807) is 26.1 Å². The van der Waals surface area contributed by atoms with Crippen LogP contribution in [0.15, 0.2) is 12.3 Å². The van der Waals surface area contributed by atoms with Gasteiger partial charge < -0.3 is 4.74 Å². The Morgan fingerprint density at radius 1 is 1.14 bits per heavy atom. The molecule has 1 heterocycles. The number of H-pyrrole nitrogens is 1. The third-order valence-electron chi connectivity index (χ3n) is 2.51. The summed E-state index contributed by atoms with van der Waals surface area (Å²) in [5.41, 5.74) is 2.11. The van der Waals surface area contributed by atoms with Gasteiger partial charge in [0.15, 0.2) is 6.61 Å². The Morgan fingerprint density at radius 3 is 2.24 bits per heavy atom. The topological polar surface area (TPSA) is 37.9 Å². The molecule has 0 amide bonds. The van der Waals surface area contributed by atoms with Gasteiger partial charge in [-0.25, -0.2) is 0 Å². The van der Waals surface area contributed by atoms with Gasteiger partial charge in [0.1, 0.15) is 5.75 Å². The molecule has 1 N–H and O–H groups in total. The summed E-state index contributed by atoms with van der Waals surface area (Å²) >= 11 is 0. The van der Waals surface area contributed by atoms with Crippen molar-refractivity contribution < 1.29 is 17.9 Å². The van der Waals surface area contributed by atoms with Crippen molar-refractivity contribution in [2.75, 3.05) is 6.61 Å². The van der Waals surface area contributed by atoms with Gasteiger partial charge in [-0.15, -0.1) is 0 Å². The lowest BCUT2D eigenvalue weighted by Gasteiger charge is -2.14. The molecule has 6 heteroatoms. The first kappa shape index (κ1) is 19.3. The number of nitrogens with zero attached hydrogens (tertiary/aromatic N) is 1. The zero-order valence-corrected chi connectivity index (χ0v) is 13.4. The van der Waals surface area contributed by atoms with Gasteiger partial charge in [0.05, 0.1) is 11.7 Å². The van der Waals surface area contributed by atoms with E-state index in [1.165, 1.54) is 0 Å². The van der Waals surface area contributed by atoms with Gasteiger partial charge >= 0.3 is 6.18 Å². The van der Waals surface area contributed by atoms with Crippen LogP contribution in [-0.4, -0.2) is 23.0 Å². The predicted octanol–water partition coefficient (Wildman–Crippen LogP) is 5.17. The van der Waals surface area contributed by atoms with Crippen molar-refractivity contribution in [2.24, 2.45) is 0 Å². The number of ether oxygens (including phenoxy) is 1. The van der Waals surface area contributed by atoms with Crippen molar-refractivity contribution in [3.8, 4) is 5.75 Å². The predicted molar refractivity (Wildman–Crippen MR) is 79.8 cm³/mol. The quantitative estimate of drug-likeness (QED) is 0.830. The van der Waals surface area contributed by atoms with Crippen molar-refractivity contribution in [2.45, 2.75) is 47.7 Å². The molecule has 120 valence electrons. The van der Waals surface area contributed by atoms with E-state index >= 15 is 0 Å². The molecule has 0 fully saturated rings. The SMILES string of the molecule is CC.CC.Cc1cc2[nH]ncc2c(C)c1OCC(F)(F)F. The number of aromatic amines is 1. The summed E-state index contributed by atoms with van der Waals surface area (Å²) in [6.45, 7) is 10.1. The molecule has 3 nitrogen and oxygen atoms in total. The van der Waals surface area contributed by atoms with Gasteiger partial charge in [-0.2, -0.15) is 18.3 Å². The molecule has 0 unspecified atom stereocenters. The van der Waals surface area contributed by atoms with Crippen molar-refractivity contribution >= 4 is 10.9 Å². The lowest BCUT2D eigenvalue weighted by atomic mass is 10.1. The lowest BCUT2D eigenvalue weighted by molar-refractivity contribution is -0.153. The third-order valence-corrected chi connectivity index (χ3v) is 2.51. The van der Waals surface area contributed by atoms with Gasteiger partial charge in [0, 0.05) is 10.9 Å². The Hall–Kier alpha value is -1.72. The van der Waals surface area contributed by atoms with Gasteiger partial charge in [-0.3, -0.25) is 5.10 Å². The first-order valence-corrected chi connectivity index (χ1v) is 7.01. The van der Waals surface area contributed by atoms with E-state index < -0.39 is 12.8 Å². The maximum absolute atomic E-state index is 12.1. The summed E-state index contributed by atoms with van der Waals surface area (Å²) in [6, 6.07) is 1.72. The zero-order valence-electron chi connectivity index (χ0n) is 13.4. The molecule has 0 radical (unpaired) electrons. The number of aromatic nitrogens is 2. The molecule has 0 saturated heterocycles. The second kappa shape index (κ2) is 8.54. The van der Waals surface area contributed by atoms with Crippen LogP contribution in [0.5, 0.6) is 5.75 Å². The number of alkyl halides is 3. The van der Waals surface area contributed by atoms with Crippen LogP contribution in [0.4, 0.5) is 13.2 Å². The molecule has 2 rings (SSSR count). The Bertz CT molecular complexity index is 548. The monoisotopic (exact) mass is 304 g/mol. The summed E-state index contributed by atoms with van der Waals surface area (Å²) in [4.78, 5) is 0. The number of halogens is 3. The van der Waals surface area contributed by atoms with E-state index in [0.29, 0.717) is 11.1 Å². The molecule has 0 bridgehead atoms. The van der Waals surface area contributed by atoms with Crippen molar-refractivity contribution in [1.82, 2.24) is 10.2 Å². The molecule has 1 aromatic carbocycles. The Morgan fingerprint density at radius 2 is 1.71 bits per heavy atom. The van der Waals surface area contributed by atoms with Crippen LogP contribution in [0.3, 0.4) is 0 Å². The number of benzene rings is 1. The highest BCUT2D eigenvalue weighted by atomic mass is 19.4. The Kier molecular flexibility index (Phi) is 7.84. The van der Waals surface area contributed by atoms with Gasteiger partial charge in [0.25, 0.3) is 0 Å². The highest BCUT2D eigenvalue weighted by Gasteiger charge is 2.29. The first-order chi connectivity index (χ1) is 9.88. The molecule has 2 aromatic rings. The number of fused-ring (bicyclic) bond motifs is 1. The second-order valence-electron chi connectivity index (χ2n) is 3.88. The van der Waals surface area contributed by atoms with Gasteiger partial charge in [-0.1, -0.05) is 27.7 Å². The van der Waals surface area contributed by atoms with Gasteiger partial charge in [-0.05, 0) is 25.5 Å². The van der Waals surface area contributed by atoms with Crippen molar-refractivity contribution in [1.29, 1.82) is 0 Å². The van der Waals surface area contributed by atoms with Gasteiger partial charge in [0.2, 0.25) is 0 Å². The number of aryl methyl sites for hydroxylation is 2. The van der Waals surface area contributed by atoms with Crippen LogP contribution in [-0.2, 0) is 0 Å². The minimum atomic E-state index is -4.33. The highest BCUT2D eigenvalue weighted by molar-refractivity contribution is 5.85. The summed E-state index contributed by atoms with van der Waals surface area (Å²) in [5, 5.41) is 7.39. The molecule has 0 aliphatic rings. The number of nitrogens with one attached hydrogen (secondary N) is 1. The fourth-order valence-corrected chi connectivity index (χ4v) is 1.78. The van der Waals surface area contributed by atoms with E-state index in [0.717, 1.165) is 10.9 Å². The fourth-order valence-electron chi connectivity index (χ4n) is 1.78. The summed E-state index contributed by atoms with van der Waals surface area (Å²) in [7, 11) is 0. The van der Waals surface area contributed by atoms with E-state index in [4.69, 9.17) is 4.74 Å². The molecule has 21 heavy (non-hydrogen) atoms. The lowest BCUT2D eigenvalue weighted by Crippen LogP contribution is -2.20. The molecule has 0 spiro atoms. The number of rotatable bonds is 2. The van der Waals surface area contributed by atoms with Crippen LogP contribution < -0.4 is 4.74 Å². The fraction of sp³-hybridized carbons (Fsp3) is 0.533. The number of hydrogen-bond acceptors (Lipinski definition) is 2. The number of hydrogen-bond donors (Lipinski definition) is 1. The summed E-state index contributed by atoms with van der Waals surface area (Å²) < 4.78 is 41.2. The smallest absolute Gasteiger partial charge is 0.422 e. The highest BCUT2D eigenvalue weighted by Crippen LogP contribution is 2.31. The van der Waals surface area contributed by atoms with Crippen molar-refractivity contribution in [3.63, 3.8) is 0 Å². The average Bonchev–Trinajstić information content (AvgIpc) is 2.90. The van der Waals surface area contributed by atoms with Crippen LogP contribution in [0.1, 0.15) is 38.8 Å². The van der Waals surface area contributed by atoms with Crippen LogP contribution in [0.2, 0.25) is 0 Å². The Balaban J connectivity index is 0.000000921. The van der Waals surface area contributed by atoms with Crippen LogP contribution in [0.25, 0.3) is 10.9 Å². The van der Waals surface area contributed by atoms with E-state index in [9.17, 15) is 13.2 Å². The normalized spacial score (nSPS) is 10.3. The Labute approximate surface area is 123 Å². The molecule has 0 saturated carbocycles. The van der Waals surface area contributed by atoms with E-state index in [2.05, 4.69) is 10.2 Å². The molecule has 0 atom stereocenters. The summed E-state index contributed by atoms with van der Waals surface area (Å²) in [5.74, 6) is 0.274.